The molecule has 0 bridgehead atoms. The Morgan fingerprint density at radius 1 is 1.29 bits per heavy atom. The molecule has 0 radical (unpaired) electrons. The summed E-state index contributed by atoms with van der Waals surface area (Å²) in [5.74, 6) is 0.962. The molecule has 2 N–H and O–H groups in total. The molecular weight excluding hydrogens is 208 g/mol. The maximum atomic E-state index is 5.76. The summed E-state index contributed by atoms with van der Waals surface area (Å²) in [6.45, 7) is 11.7. The Morgan fingerprint density at radius 3 is 2.71 bits per heavy atom. The molecule has 1 fully saturated rings. The highest BCUT2D eigenvalue weighted by Crippen LogP contribution is 2.23. The van der Waals surface area contributed by atoms with E-state index in [1.54, 1.807) is 0 Å². The molecule has 17 heavy (non-hydrogen) atoms. The van der Waals surface area contributed by atoms with Crippen LogP contribution in [0.25, 0.3) is 0 Å². The average Bonchev–Trinajstić information content (AvgIpc) is 2.35. The van der Waals surface area contributed by atoms with Crippen molar-refractivity contribution in [1.82, 2.24) is 4.90 Å². The highest BCUT2D eigenvalue weighted by molar-refractivity contribution is 4.73. The predicted molar refractivity (Wildman–Crippen MR) is 76.1 cm³/mol. The van der Waals surface area contributed by atoms with Crippen molar-refractivity contribution in [3.05, 3.63) is 0 Å². The summed E-state index contributed by atoms with van der Waals surface area (Å²) in [5, 5.41) is 0. The van der Waals surface area contributed by atoms with Crippen molar-refractivity contribution in [1.29, 1.82) is 0 Å². The van der Waals surface area contributed by atoms with E-state index in [1.807, 2.05) is 0 Å². The van der Waals surface area contributed by atoms with Gasteiger partial charge in [0.05, 0.1) is 0 Å². The first-order valence-corrected chi connectivity index (χ1v) is 7.50. The van der Waals surface area contributed by atoms with Gasteiger partial charge >= 0.3 is 0 Å². The second-order valence-corrected chi connectivity index (χ2v) is 6.54. The van der Waals surface area contributed by atoms with Crippen molar-refractivity contribution < 1.29 is 0 Å². The minimum absolute atomic E-state index is 0.341. The lowest BCUT2D eigenvalue weighted by Crippen LogP contribution is -2.35. The van der Waals surface area contributed by atoms with Gasteiger partial charge in [-0.05, 0) is 56.7 Å². The molecule has 0 aliphatic carbocycles. The van der Waals surface area contributed by atoms with Crippen LogP contribution in [-0.4, -0.2) is 31.1 Å². The molecule has 0 aromatic carbocycles. The van der Waals surface area contributed by atoms with Crippen molar-refractivity contribution in [2.24, 2.45) is 17.1 Å². The Kier molecular flexibility index (Phi) is 6.50. The topological polar surface area (TPSA) is 29.3 Å². The van der Waals surface area contributed by atoms with Gasteiger partial charge in [0, 0.05) is 6.54 Å². The lowest BCUT2D eigenvalue weighted by molar-refractivity contribution is 0.166. The highest BCUT2D eigenvalue weighted by atomic mass is 15.1. The third kappa shape index (κ3) is 5.87. The molecule has 0 saturated carbocycles. The van der Waals surface area contributed by atoms with Crippen LogP contribution < -0.4 is 5.73 Å². The van der Waals surface area contributed by atoms with Crippen molar-refractivity contribution in [3.63, 3.8) is 0 Å². The molecule has 2 heteroatoms. The Hall–Kier alpha value is -0.0800. The van der Waals surface area contributed by atoms with Gasteiger partial charge in [-0.3, -0.25) is 0 Å². The van der Waals surface area contributed by atoms with Gasteiger partial charge in [0.15, 0.2) is 0 Å². The molecular formula is C15H32N2. The number of nitrogens with zero attached hydrogens (tertiary/aromatic N) is 1. The standard InChI is InChI=1S/C15H32N2/c1-4-14-8-7-11-17(12-14)10-6-5-9-15(2,3)13-16/h14H,4-13,16H2,1-3H3. The van der Waals surface area contributed by atoms with E-state index in [9.17, 15) is 0 Å². The molecule has 0 aromatic rings. The summed E-state index contributed by atoms with van der Waals surface area (Å²) >= 11 is 0. The zero-order chi connectivity index (χ0) is 12.7. The van der Waals surface area contributed by atoms with Gasteiger partial charge in [-0.25, -0.2) is 0 Å². The molecule has 1 aliphatic rings. The fraction of sp³-hybridized carbons (Fsp3) is 1.00. The molecule has 2 nitrogen and oxygen atoms in total. The number of piperidine rings is 1. The van der Waals surface area contributed by atoms with E-state index in [2.05, 4.69) is 25.7 Å². The van der Waals surface area contributed by atoms with Crippen molar-refractivity contribution >= 4 is 0 Å². The minimum Gasteiger partial charge on any atom is -0.330 e. The second kappa shape index (κ2) is 7.38. The zero-order valence-electron chi connectivity index (χ0n) is 12.2. The van der Waals surface area contributed by atoms with Crippen LogP contribution in [0.1, 0.15) is 59.3 Å². The fourth-order valence-electron chi connectivity index (χ4n) is 2.73. The normalized spacial score (nSPS) is 22.9. The molecule has 1 saturated heterocycles. The minimum atomic E-state index is 0.341. The van der Waals surface area contributed by atoms with Crippen LogP contribution in [0.3, 0.4) is 0 Å². The third-order valence-electron chi connectivity index (χ3n) is 4.31. The lowest BCUT2D eigenvalue weighted by atomic mass is 9.87. The van der Waals surface area contributed by atoms with Gasteiger partial charge in [0.25, 0.3) is 0 Å². The molecule has 1 heterocycles. The quantitative estimate of drug-likeness (QED) is 0.692. The van der Waals surface area contributed by atoms with Gasteiger partial charge in [0.1, 0.15) is 0 Å². The number of hydrogen-bond donors (Lipinski definition) is 1. The van der Waals surface area contributed by atoms with Crippen LogP contribution in [0, 0.1) is 11.3 Å². The molecule has 1 unspecified atom stereocenters. The summed E-state index contributed by atoms with van der Waals surface area (Å²) < 4.78 is 0. The van der Waals surface area contributed by atoms with Gasteiger partial charge in [0.2, 0.25) is 0 Å². The molecule has 1 atom stereocenters. The largest absolute Gasteiger partial charge is 0.330 e. The maximum Gasteiger partial charge on any atom is 0.000956 e. The van der Waals surface area contributed by atoms with E-state index in [-0.39, 0.29) is 0 Å². The molecule has 1 aliphatic heterocycles. The molecule has 1 rings (SSSR count). The van der Waals surface area contributed by atoms with Crippen LogP contribution in [-0.2, 0) is 0 Å². The third-order valence-corrected chi connectivity index (χ3v) is 4.31. The first-order chi connectivity index (χ1) is 8.07. The summed E-state index contributed by atoms with van der Waals surface area (Å²) in [6.07, 6.45) is 8.17. The number of likely N-dealkylation sites (tertiary alicyclic amines) is 1. The van der Waals surface area contributed by atoms with Crippen LogP contribution in [0.4, 0.5) is 0 Å². The van der Waals surface area contributed by atoms with Crippen molar-refractivity contribution in [2.75, 3.05) is 26.2 Å². The Balaban J connectivity index is 2.10. The molecule has 0 spiro atoms. The Morgan fingerprint density at radius 2 is 2.06 bits per heavy atom. The van der Waals surface area contributed by atoms with Crippen LogP contribution in [0.15, 0.2) is 0 Å². The zero-order valence-corrected chi connectivity index (χ0v) is 12.2. The van der Waals surface area contributed by atoms with Crippen LogP contribution in [0.2, 0.25) is 0 Å². The predicted octanol–water partition coefficient (Wildman–Crippen LogP) is 3.26. The van der Waals surface area contributed by atoms with Gasteiger partial charge < -0.3 is 10.6 Å². The van der Waals surface area contributed by atoms with Crippen LogP contribution in [0.5, 0.6) is 0 Å². The SMILES string of the molecule is CCC1CCCN(CCCCC(C)(C)CN)C1. The van der Waals surface area contributed by atoms with Crippen LogP contribution >= 0.6 is 0 Å². The van der Waals surface area contributed by atoms with E-state index in [0.29, 0.717) is 5.41 Å². The highest BCUT2D eigenvalue weighted by Gasteiger charge is 2.18. The van der Waals surface area contributed by atoms with E-state index in [0.717, 1.165) is 12.5 Å². The number of nitrogens with two attached hydrogens (primary N) is 1. The van der Waals surface area contributed by atoms with Crippen molar-refractivity contribution in [2.45, 2.75) is 59.3 Å². The first kappa shape index (κ1) is 15.0. The van der Waals surface area contributed by atoms with Gasteiger partial charge in [-0.1, -0.05) is 33.6 Å². The summed E-state index contributed by atoms with van der Waals surface area (Å²) in [4.78, 5) is 2.67. The molecule has 102 valence electrons. The van der Waals surface area contributed by atoms with E-state index in [1.165, 1.54) is 58.2 Å². The number of unbranched alkanes of at least 4 members (excludes halogenated alkanes) is 1. The lowest BCUT2D eigenvalue weighted by Gasteiger charge is -2.32. The second-order valence-electron chi connectivity index (χ2n) is 6.54. The Bertz CT molecular complexity index is 201. The Labute approximate surface area is 108 Å². The summed E-state index contributed by atoms with van der Waals surface area (Å²) in [5.41, 5.74) is 6.10. The van der Waals surface area contributed by atoms with Gasteiger partial charge in [-0.2, -0.15) is 0 Å². The summed E-state index contributed by atoms with van der Waals surface area (Å²) in [6, 6.07) is 0. The smallest absolute Gasteiger partial charge is 0.000956 e. The molecule has 0 aromatic heterocycles. The maximum absolute atomic E-state index is 5.76. The van der Waals surface area contributed by atoms with E-state index in [4.69, 9.17) is 5.73 Å². The first-order valence-electron chi connectivity index (χ1n) is 7.50. The average molecular weight is 240 g/mol. The summed E-state index contributed by atoms with van der Waals surface area (Å²) in [7, 11) is 0. The van der Waals surface area contributed by atoms with E-state index < -0.39 is 0 Å². The molecule has 0 amide bonds. The van der Waals surface area contributed by atoms with E-state index >= 15 is 0 Å². The van der Waals surface area contributed by atoms with Gasteiger partial charge in [-0.15, -0.1) is 0 Å². The number of hydrogen-bond acceptors (Lipinski definition) is 2. The van der Waals surface area contributed by atoms with Crippen molar-refractivity contribution in [3.8, 4) is 0 Å². The number of rotatable bonds is 7. The fourth-order valence-corrected chi connectivity index (χ4v) is 2.73. The monoisotopic (exact) mass is 240 g/mol.